The van der Waals surface area contributed by atoms with E-state index in [-0.39, 0.29) is 0 Å². The summed E-state index contributed by atoms with van der Waals surface area (Å²) in [6.45, 7) is 10.3. The molecule has 3 heterocycles. The van der Waals surface area contributed by atoms with Gasteiger partial charge in [0.2, 0.25) is 11.9 Å². The predicted octanol–water partition coefficient (Wildman–Crippen LogP) is 1.25. The molecule has 0 aliphatic carbocycles. The van der Waals surface area contributed by atoms with Gasteiger partial charge in [0.25, 0.3) is 0 Å². The quantitative estimate of drug-likeness (QED) is 0.836. The van der Waals surface area contributed by atoms with Crippen molar-refractivity contribution in [1.82, 2.24) is 19.8 Å². The fraction of sp³-hybridized carbons (Fsp3) is 0.706. The minimum absolute atomic E-state index is 0.317. The molecule has 23 heavy (non-hydrogen) atoms. The Labute approximate surface area is 138 Å². The minimum atomic E-state index is 0.317. The first-order chi connectivity index (χ1) is 11.1. The molecular formula is C17H27N5O. The fourth-order valence-corrected chi connectivity index (χ4v) is 3.54. The van der Waals surface area contributed by atoms with Gasteiger partial charge in [0.1, 0.15) is 0 Å². The molecule has 1 atom stereocenters. The molecule has 1 amide bonds. The predicted molar refractivity (Wildman–Crippen MR) is 90.3 cm³/mol. The van der Waals surface area contributed by atoms with Crippen molar-refractivity contribution in [2.24, 2.45) is 5.92 Å². The van der Waals surface area contributed by atoms with E-state index in [0.717, 1.165) is 51.6 Å². The van der Waals surface area contributed by atoms with E-state index >= 15 is 0 Å². The molecule has 0 aromatic carbocycles. The molecule has 0 bridgehead atoms. The molecule has 0 N–H and O–H groups in total. The smallest absolute Gasteiger partial charge is 0.225 e. The van der Waals surface area contributed by atoms with Gasteiger partial charge in [-0.15, -0.1) is 0 Å². The molecule has 6 heteroatoms. The van der Waals surface area contributed by atoms with Crippen LogP contribution in [0.1, 0.15) is 26.7 Å². The first-order valence-corrected chi connectivity index (χ1v) is 8.67. The van der Waals surface area contributed by atoms with Gasteiger partial charge in [0.15, 0.2) is 0 Å². The summed E-state index contributed by atoms with van der Waals surface area (Å²) >= 11 is 0. The molecule has 2 saturated heterocycles. The number of anilines is 1. The van der Waals surface area contributed by atoms with Crippen LogP contribution in [0.4, 0.5) is 5.95 Å². The van der Waals surface area contributed by atoms with E-state index in [2.05, 4.69) is 33.6 Å². The van der Waals surface area contributed by atoms with E-state index in [1.165, 1.54) is 0 Å². The number of likely N-dealkylation sites (tertiary alicyclic amines) is 1. The zero-order valence-electron chi connectivity index (χ0n) is 14.2. The molecule has 0 saturated carbocycles. The SMILES string of the molecule is CC(C)N1CC(CN2CCN(c3ncccn3)CC2)CCC1=O. The first-order valence-electron chi connectivity index (χ1n) is 8.67. The van der Waals surface area contributed by atoms with Crippen LogP contribution in [0.15, 0.2) is 18.5 Å². The van der Waals surface area contributed by atoms with E-state index < -0.39 is 0 Å². The number of carbonyl (C=O) groups is 1. The maximum absolute atomic E-state index is 12.0. The lowest BCUT2D eigenvalue weighted by atomic mass is 9.95. The Morgan fingerprint density at radius 2 is 1.87 bits per heavy atom. The minimum Gasteiger partial charge on any atom is -0.340 e. The maximum atomic E-state index is 12.0. The van der Waals surface area contributed by atoms with Gasteiger partial charge < -0.3 is 9.80 Å². The zero-order chi connectivity index (χ0) is 16.2. The summed E-state index contributed by atoms with van der Waals surface area (Å²) in [5.74, 6) is 1.76. The monoisotopic (exact) mass is 317 g/mol. The van der Waals surface area contributed by atoms with Crippen LogP contribution in [-0.4, -0.2) is 71.0 Å². The van der Waals surface area contributed by atoms with Gasteiger partial charge in [0.05, 0.1) is 0 Å². The number of amides is 1. The maximum Gasteiger partial charge on any atom is 0.225 e. The number of hydrogen-bond acceptors (Lipinski definition) is 5. The summed E-state index contributed by atoms with van der Waals surface area (Å²) in [7, 11) is 0. The highest BCUT2D eigenvalue weighted by Crippen LogP contribution is 2.21. The molecule has 3 rings (SSSR count). The van der Waals surface area contributed by atoms with Crippen molar-refractivity contribution >= 4 is 11.9 Å². The highest BCUT2D eigenvalue weighted by atomic mass is 16.2. The molecular weight excluding hydrogens is 290 g/mol. The Morgan fingerprint density at radius 3 is 2.52 bits per heavy atom. The van der Waals surface area contributed by atoms with Crippen LogP contribution in [0.3, 0.4) is 0 Å². The van der Waals surface area contributed by atoms with Crippen LogP contribution in [0, 0.1) is 5.92 Å². The van der Waals surface area contributed by atoms with E-state index in [4.69, 9.17) is 0 Å². The van der Waals surface area contributed by atoms with Crippen LogP contribution in [-0.2, 0) is 4.79 Å². The molecule has 2 aliphatic rings. The van der Waals surface area contributed by atoms with Crippen LogP contribution in [0.25, 0.3) is 0 Å². The van der Waals surface area contributed by atoms with Crippen LogP contribution in [0.2, 0.25) is 0 Å². The van der Waals surface area contributed by atoms with Gasteiger partial charge in [-0.05, 0) is 32.3 Å². The number of rotatable bonds is 4. The number of piperazine rings is 1. The Hall–Kier alpha value is -1.69. The lowest BCUT2D eigenvalue weighted by Crippen LogP contribution is -2.51. The lowest BCUT2D eigenvalue weighted by Gasteiger charge is -2.40. The van der Waals surface area contributed by atoms with E-state index in [1.807, 2.05) is 11.0 Å². The second kappa shape index (κ2) is 7.25. The number of aromatic nitrogens is 2. The third kappa shape index (κ3) is 3.99. The summed E-state index contributed by atoms with van der Waals surface area (Å²) in [5, 5.41) is 0. The van der Waals surface area contributed by atoms with Crippen molar-refractivity contribution in [2.75, 3.05) is 44.2 Å². The number of carbonyl (C=O) groups excluding carboxylic acids is 1. The molecule has 6 nitrogen and oxygen atoms in total. The van der Waals surface area contributed by atoms with Crippen molar-refractivity contribution < 1.29 is 4.79 Å². The standard InChI is InChI=1S/C17H27N5O/c1-14(2)22-13-15(4-5-16(22)23)12-20-8-10-21(11-9-20)17-18-6-3-7-19-17/h3,6-7,14-15H,4-5,8-13H2,1-2H3. The van der Waals surface area contributed by atoms with Crippen molar-refractivity contribution in [1.29, 1.82) is 0 Å². The summed E-state index contributed by atoms with van der Waals surface area (Å²) in [5.41, 5.74) is 0. The van der Waals surface area contributed by atoms with Gasteiger partial charge in [-0.3, -0.25) is 9.69 Å². The third-order valence-corrected chi connectivity index (χ3v) is 4.89. The largest absolute Gasteiger partial charge is 0.340 e. The highest BCUT2D eigenvalue weighted by Gasteiger charge is 2.29. The summed E-state index contributed by atoms with van der Waals surface area (Å²) in [6.07, 6.45) is 5.34. The average molecular weight is 317 g/mol. The summed E-state index contributed by atoms with van der Waals surface area (Å²) in [6, 6.07) is 2.17. The second-order valence-corrected chi connectivity index (χ2v) is 6.88. The second-order valence-electron chi connectivity index (χ2n) is 6.88. The van der Waals surface area contributed by atoms with Crippen LogP contribution < -0.4 is 4.90 Å². The molecule has 2 aliphatic heterocycles. The fourth-order valence-electron chi connectivity index (χ4n) is 3.54. The molecule has 2 fully saturated rings. The van der Waals surface area contributed by atoms with Crippen LogP contribution in [0.5, 0.6) is 0 Å². The van der Waals surface area contributed by atoms with Crippen molar-refractivity contribution in [3.63, 3.8) is 0 Å². The number of nitrogens with zero attached hydrogens (tertiary/aromatic N) is 5. The lowest BCUT2D eigenvalue weighted by molar-refractivity contribution is -0.137. The van der Waals surface area contributed by atoms with Gasteiger partial charge in [-0.1, -0.05) is 0 Å². The van der Waals surface area contributed by atoms with E-state index in [9.17, 15) is 4.79 Å². The van der Waals surface area contributed by atoms with Gasteiger partial charge in [-0.25, -0.2) is 9.97 Å². The number of piperidine rings is 1. The normalized spacial score (nSPS) is 23.6. The van der Waals surface area contributed by atoms with Gasteiger partial charge >= 0.3 is 0 Å². The molecule has 126 valence electrons. The van der Waals surface area contributed by atoms with Crippen molar-refractivity contribution in [3.8, 4) is 0 Å². The highest BCUT2D eigenvalue weighted by molar-refractivity contribution is 5.77. The topological polar surface area (TPSA) is 52.6 Å². The zero-order valence-corrected chi connectivity index (χ0v) is 14.2. The summed E-state index contributed by atoms with van der Waals surface area (Å²) < 4.78 is 0. The molecule has 1 unspecified atom stereocenters. The average Bonchev–Trinajstić information content (AvgIpc) is 2.58. The molecule has 0 spiro atoms. The summed E-state index contributed by atoms with van der Waals surface area (Å²) in [4.78, 5) is 27.5. The van der Waals surface area contributed by atoms with Crippen LogP contribution >= 0.6 is 0 Å². The Kier molecular flexibility index (Phi) is 5.10. The first kappa shape index (κ1) is 16.2. The van der Waals surface area contributed by atoms with E-state index in [1.54, 1.807) is 12.4 Å². The van der Waals surface area contributed by atoms with Crippen molar-refractivity contribution in [2.45, 2.75) is 32.7 Å². The van der Waals surface area contributed by atoms with Gasteiger partial charge in [-0.2, -0.15) is 0 Å². The van der Waals surface area contributed by atoms with Crippen molar-refractivity contribution in [3.05, 3.63) is 18.5 Å². The Morgan fingerprint density at radius 1 is 1.17 bits per heavy atom. The van der Waals surface area contributed by atoms with E-state index in [0.29, 0.717) is 24.3 Å². The molecule has 0 radical (unpaired) electrons. The Balaban J connectivity index is 1.48. The number of hydrogen-bond donors (Lipinski definition) is 0. The molecule has 1 aromatic rings. The van der Waals surface area contributed by atoms with Gasteiger partial charge in [0, 0.05) is 64.1 Å². The molecule has 1 aromatic heterocycles. The third-order valence-electron chi connectivity index (χ3n) is 4.89. The Bertz CT molecular complexity index is 513.